The van der Waals surface area contributed by atoms with Crippen molar-refractivity contribution in [3.8, 4) is 0 Å². The molecule has 102 valence electrons. The second-order valence-electron chi connectivity index (χ2n) is 6.73. The summed E-state index contributed by atoms with van der Waals surface area (Å²) in [4.78, 5) is 8.48. The number of nitrogens with zero attached hydrogens (tertiary/aromatic N) is 2. The topological polar surface area (TPSA) is 38.9 Å². The van der Waals surface area contributed by atoms with Crippen molar-refractivity contribution in [2.24, 2.45) is 0 Å². The molecule has 3 nitrogen and oxygen atoms in total. The highest BCUT2D eigenvalue weighted by Gasteiger charge is 2.25. The van der Waals surface area contributed by atoms with Crippen LogP contribution in [0.4, 0.5) is 0 Å². The van der Waals surface area contributed by atoms with Crippen LogP contribution in [0.15, 0.2) is 35.3 Å². The molecule has 2 aromatic heterocycles. The van der Waals surface area contributed by atoms with E-state index in [2.05, 4.69) is 56.7 Å². The van der Waals surface area contributed by atoms with Gasteiger partial charge in [0, 0.05) is 22.7 Å². The van der Waals surface area contributed by atoms with Crippen molar-refractivity contribution >= 4 is 0 Å². The van der Waals surface area contributed by atoms with E-state index >= 15 is 0 Å². The maximum Gasteiger partial charge on any atom is 0.180 e. The Labute approximate surface area is 115 Å². The average Bonchev–Trinajstić information content (AvgIpc) is 2.81. The van der Waals surface area contributed by atoms with E-state index in [9.17, 15) is 0 Å². The molecule has 0 radical (unpaired) electrons. The first-order chi connectivity index (χ1) is 8.79. The van der Waals surface area contributed by atoms with Gasteiger partial charge in [0.05, 0.1) is 6.20 Å². The molecule has 0 amide bonds. The number of pyridine rings is 1. The third kappa shape index (κ3) is 3.22. The van der Waals surface area contributed by atoms with Crippen LogP contribution in [-0.4, -0.2) is 9.97 Å². The summed E-state index contributed by atoms with van der Waals surface area (Å²) >= 11 is 0. The van der Waals surface area contributed by atoms with Crippen LogP contribution in [0.1, 0.15) is 51.6 Å². The largest absolute Gasteiger partial charge is 0.448 e. The van der Waals surface area contributed by atoms with Crippen LogP contribution in [-0.2, 0) is 17.3 Å². The molecule has 0 fully saturated rings. The van der Waals surface area contributed by atoms with Crippen molar-refractivity contribution in [3.05, 3.63) is 47.9 Å². The quantitative estimate of drug-likeness (QED) is 0.838. The fourth-order valence-corrected chi connectivity index (χ4v) is 2.14. The molecule has 2 aromatic rings. The minimum atomic E-state index is -0.0625. The highest BCUT2D eigenvalue weighted by atomic mass is 16.3. The molecule has 0 aromatic carbocycles. The maximum absolute atomic E-state index is 5.44. The molecule has 2 rings (SSSR count). The van der Waals surface area contributed by atoms with Crippen molar-refractivity contribution in [1.29, 1.82) is 0 Å². The van der Waals surface area contributed by atoms with Gasteiger partial charge in [-0.15, -0.1) is 0 Å². The predicted octanol–water partition coefficient (Wildman–Crippen LogP) is 3.89. The Morgan fingerprint density at radius 3 is 2.47 bits per heavy atom. The van der Waals surface area contributed by atoms with E-state index in [0.29, 0.717) is 0 Å². The third-order valence-corrected chi connectivity index (χ3v) is 3.34. The van der Waals surface area contributed by atoms with Gasteiger partial charge in [0.15, 0.2) is 6.39 Å². The lowest BCUT2D eigenvalue weighted by atomic mass is 9.82. The molecule has 0 saturated heterocycles. The van der Waals surface area contributed by atoms with E-state index < -0.39 is 0 Å². The molecule has 0 N–H and O–H groups in total. The van der Waals surface area contributed by atoms with E-state index in [4.69, 9.17) is 4.42 Å². The summed E-state index contributed by atoms with van der Waals surface area (Å²) < 4.78 is 5.44. The fourth-order valence-electron chi connectivity index (χ4n) is 2.14. The van der Waals surface area contributed by atoms with E-state index in [1.54, 1.807) is 6.20 Å². The Balaban J connectivity index is 2.25. The van der Waals surface area contributed by atoms with Crippen LogP contribution in [0, 0.1) is 0 Å². The Morgan fingerprint density at radius 2 is 1.89 bits per heavy atom. The van der Waals surface area contributed by atoms with Crippen LogP contribution in [0.2, 0.25) is 0 Å². The summed E-state index contributed by atoms with van der Waals surface area (Å²) in [6, 6.07) is 4.27. The number of rotatable bonds is 3. The summed E-state index contributed by atoms with van der Waals surface area (Å²) in [6.45, 7) is 10.9. The summed E-state index contributed by atoms with van der Waals surface area (Å²) in [5, 5.41) is 0. The van der Waals surface area contributed by atoms with Gasteiger partial charge < -0.3 is 4.42 Å². The lowest BCUT2D eigenvalue weighted by Gasteiger charge is -2.23. The number of oxazole rings is 1. The monoisotopic (exact) mass is 258 g/mol. The smallest absolute Gasteiger partial charge is 0.180 e. The molecule has 0 aliphatic rings. The molecule has 0 unspecified atom stereocenters. The van der Waals surface area contributed by atoms with Crippen LogP contribution >= 0.6 is 0 Å². The van der Waals surface area contributed by atoms with E-state index in [1.807, 2.05) is 6.20 Å². The molecular weight excluding hydrogens is 236 g/mol. The Hall–Kier alpha value is -1.64. The fraction of sp³-hybridized carbons (Fsp3) is 0.500. The average molecular weight is 258 g/mol. The summed E-state index contributed by atoms with van der Waals surface area (Å²) in [7, 11) is 0. The first-order valence-corrected chi connectivity index (χ1v) is 6.63. The number of hydrogen-bond acceptors (Lipinski definition) is 3. The van der Waals surface area contributed by atoms with Gasteiger partial charge in [-0.05, 0) is 24.1 Å². The molecule has 0 aliphatic carbocycles. The van der Waals surface area contributed by atoms with Crippen molar-refractivity contribution < 1.29 is 4.42 Å². The summed E-state index contributed by atoms with van der Waals surface area (Å²) in [5.74, 6) is 0.918. The zero-order chi connectivity index (χ0) is 14.1. The minimum absolute atomic E-state index is 0.0625. The molecule has 2 heterocycles. The van der Waals surface area contributed by atoms with Crippen LogP contribution in [0.25, 0.3) is 0 Å². The Morgan fingerprint density at radius 1 is 1.16 bits per heavy atom. The second-order valence-corrected chi connectivity index (χ2v) is 6.73. The van der Waals surface area contributed by atoms with Gasteiger partial charge in [-0.25, -0.2) is 4.98 Å². The lowest BCUT2D eigenvalue weighted by Crippen LogP contribution is -2.21. The summed E-state index contributed by atoms with van der Waals surface area (Å²) in [5.41, 5.74) is 2.42. The zero-order valence-corrected chi connectivity index (χ0v) is 12.4. The molecule has 0 spiro atoms. The van der Waals surface area contributed by atoms with Gasteiger partial charge >= 0.3 is 0 Å². The molecule has 0 bridgehead atoms. The third-order valence-electron chi connectivity index (χ3n) is 3.34. The predicted molar refractivity (Wildman–Crippen MR) is 76.2 cm³/mol. The number of hydrogen-bond donors (Lipinski definition) is 0. The van der Waals surface area contributed by atoms with Gasteiger partial charge in [-0.1, -0.05) is 34.6 Å². The van der Waals surface area contributed by atoms with Crippen LogP contribution < -0.4 is 0 Å². The van der Waals surface area contributed by atoms with Gasteiger partial charge in [0.2, 0.25) is 0 Å². The molecule has 0 aliphatic heterocycles. The molecular formula is C16H22N2O. The van der Waals surface area contributed by atoms with Crippen molar-refractivity contribution in [2.45, 2.75) is 51.9 Å². The SMILES string of the molecule is CC(C)(C)c1cc(CC(C)(C)c2cnco2)ccn1. The normalized spacial score (nSPS) is 12.7. The Kier molecular flexibility index (Phi) is 3.48. The number of aromatic nitrogens is 2. The Bertz CT molecular complexity index is 536. The minimum Gasteiger partial charge on any atom is -0.448 e. The highest BCUT2D eigenvalue weighted by molar-refractivity contribution is 5.24. The summed E-state index contributed by atoms with van der Waals surface area (Å²) in [6.07, 6.45) is 6.09. The standard InChI is InChI=1S/C16H22N2O/c1-15(2,3)13-8-12(6-7-18-13)9-16(4,5)14-10-17-11-19-14/h6-8,10-11H,9H2,1-5H3. The van der Waals surface area contributed by atoms with Crippen molar-refractivity contribution in [3.63, 3.8) is 0 Å². The van der Waals surface area contributed by atoms with Crippen molar-refractivity contribution in [1.82, 2.24) is 9.97 Å². The lowest BCUT2D eigenvalue weighted by molar-refractivity contribution is 0.381. The van der Waals surface area contributed by atoms with Crippen LogP contribution in [0.5, 0.6) is 0 Å². The van der Waals surface area contributed by atoms with Gasteiger partial charge in [-0.2, -0.15) is 0 Å². The van der Waals surface area contributed by atoms with Crippen LogP contribution in [0.3, 0.4) is 0 Å². The van der Waals surface area contributed by atoms with Gasteiger partial charge in [0.25, 0.3) is 0 Å². The van der Waals surface area contributed by atoms with E-state index in [0.717, 1.165) is 17.9 Å². The molecule has 0 atom stereocenters. The molecule has 0 saturated carbocycles. The first-order valence-electron chi connectivity index (χ1n) is 6.63. The zero-order valence-electron chi connectivity index (χ0n) is 12.4. The van der Waals surface area contributed by atoms with Gasteiger partial charge in [-0.3, -0.25) is 4.98 Å². The maximum atomic E-state index is 5.44. The van der Waals surface area contributed by atoms with Crippen molar-refractivity contribution in [2.75, 3.05) is 0 Å². The van der Waals surface area contributed by atoms with E-state index in [1.165, 1.54) is 12.0 Å². The molecule has 3 heteroatoms. The van der Waals surface area contributed by atoms with Gasteiger partial charge in [0.1, 0.15) is 5.76 Å². The highest BCUT2D eigenvalue weighted by Crippen LogP contribution is 2.28. The molecule has 19 heavy (non-hydrogen) atoms. The second kappa shape index (κ2) is 4.80. The first kappa shape index (κ1) is 13.8. The van der Waals surface area contributed by atoms with E-state index in [-0.39, 0.29) is 10.8 Å².